The number of hydrogen-bond donors (Lipinski definition) is 1. The minimum Gasteiger partial charge on any atom is -0.312 e. The van der Waals surface area contributed by atoms with Crippen LogP contribution in [0.25, 0.3) is 0 Å². The molecule has 0 aromatic heterocycles. The van der Waals surface area contributed by atoms with Gasteiger partial charge < -0.3 is 10.2 Å². The van der Waals surface area contributed by atoms with E-state index in [4.69, 9.17) is 0 Å². The Hall–Kier alpha value is -0.380. The van der Waals surface area contributed by atoms with Gasteiger partial charge in [-0.25, -0.2) is 0 Å². The normalized spacial score (nSPS) is 24.6. The van der Waals surface area contributed by atoms with Crippen LogP contribution >= 0.6 is 0 Å². The zero-order valence-corrected chi connectivity index (χ0v) is 11.1. The maximum absolute atomic E-state index is 3.72. The van der Waals surface area contributed by atoms with Gasteiger partial charge in [0.2, 0.25) is 0 Å². The van der Waals surface area contributed by atoms with E-state index in [0.29, 0.717) is 6.04 Å². The molecule has 1 aliphatic rings. The minimum absolute atomic E-state index is 0.628. The average molecular weight is 225 g/mol. The predicted molar refractivity (Wildman–Crippen MR) is 70.8 cm³/mol. The Morgan fingerprint density at radius 3 is 2.94 bits per heavy atom. The lowest BCUT2D eigenvalue weighted by Crippen LogP contribution is -2.50. The second-order valence-corrected chi connectivity index (χ2v) is 5.05. The highest BCUT2D eigenvalue weighted by Crippen LogP contribution is 2.15. The Morgan fingerprint density at radius 1 is 1.56 bits per heavy atom. The van der Waals surface area contributed by atoms with Gasteiger partial charge >= 0.3 is 0 Å². The lowest BCUT2D eigenvalue weighted by Gasteiger charge is -2.39. The smallest absolute Gasteiger partial charge is 0.0217 e. The number of likely N-dealkylation sites (tertiary alicyclic amines) is 1. The number of piperidine rings is 1. The van der Waals surface area contributed by atoms with Crippen molar-refractivity contribution >= 4 is 0 Å². The third-order valence-corrected chi connectivity index (χ3v) is 3.51. The largest absolute Gasteiger partial charge is 0.312 e. The summed E-state index contributed by atoms with van der Waals surface area (Å²) in [4.78, 5) is 4.96. The van der Waals surface area contributed by atoms with Crippen molar-refractivity contribution in [3.05, 3.63) is 12.7 Å². The zero-order chi connectivity index (χ0) is 12.0. The summed E-state index contributed by atoms with van der Waals surface area (Å²) in [5, 5.41) is 3.40. The lowest BCUT2D eigenvalue weighted by molar-refractivity contribution is 0.102. The molecule has 1 aliphatic heterocycles. The van der Waals surface area contributed by atoms with Gasteiger partial charge in [-0.3, -0.25) is 4.90 Å². The highest BCUT2D eigenvalue weighted by Gasteiger charge is 2.24. The maximum atomic E-state index is 3.72. The second-order valence-electron chi connectivity index (χ2n) is 5.05. The summed E-state index contributed by atoms with van der Waals surface area (Å²) in [6.45, 7) is 10.5. The standard InChI is InChI=1S/C13H27N3/c1-5-8-14-10-12(2)16-9-6-7-13(11-16)15(3)4/h5,12-14H,1,6-11H2,2-4H3. The van der Waals surface area contributed by atoms with Crippen molar-refractivity contribution in [1.29, 1.82) is 0 Å². The predicted octanol–water partition coefficient (Wildman–Crippen LogP) is 1.18. The van der Waals surface area contributed by atoms with Crippen LogP contribution in [-0.2, 0) is 0 Å². The molecule has 3 heteroatoms. The van der Waals surface area contributed by atoms with Crippen LogP contribution in [0.4, 0.5) is 0 Å². The molecule has 1 saturated heterocycles. The van der Waals surface area contributed by atoms with Gasteiger partial charge in [-0.05, 0) is 40.4 Å². The fourth-order valence-electron chi connectivity index (χ4n) is 2.33. The van der Waals surface area contributed by atoms with Crippen LogP contribution in [0.2, 0.25) is 0 Å². The molecule has 94 valence electrons. The summed E-state index contributed by atoms with van der Waals surface area (Å²) in [5.74, 6) is 0. The topological polar surface area (TPSA) is 18.5 Å². The molecule has 3 nitrogen and oxygen atoms in total. The van der Waals surface area contributed by atoms with Crippen LogP contribution in [0.1, 0.15) is 19.8 Å². The number of likely N-dealkylation sites (N-methyl/N-ethyl adjacent to an activating group) is 1. The monoisotopic (exact) mass is 225 g/mol. The first-order valence-electron chi connectivity index (χ1n) is 6.37. The summed E-state index contributed by atoms with van der Waals surface area (Å²) in [6, 6.07) is 1.36. The van der Waals surface area contributed by atoms with Crippen molar-refractivity contribution < 1.29 is 0 Å². The van der Waals surface area contributed by atoms with E-state index in [2.05, 4.69) is 42.7 Å². The van der Waals surface area contributed by atoms with Gasteiger partial charge in [0.15, 0.2) is 0 Å². The molecule has 0 aliphatic carbocycles. The van der Waals surface area contributed by atoms with Gasteiger partial charge in [0.05, 0.1) is 0 Å². The van der Waals surface area contributed by atoms with Crippen molar-refractivity contribution in [2.24, 2.45) is 0 Å². The Bertz CT molecular complexity index is 203. The van der Waals surface area contributed by atoms with E-state index < -0.39 is 0 Å². The first-order chi connectivity index (χ1) is 7.65. The molecule has 0 saturated carbocycles. The molecule has 2 unspecified atom stereocenters. The summed E-state index contributed by atoms with van der Waals surface area (Å²) in [7, 11) is 4.38. The van der Waals surface area contributed by atoms with Crippen LogP contribution in [0, 0.1) is 0 Å². The van der Waals surface area contributed by atoms with Crippen molar-refractivity contribution in [2.75, 3.05) is 40.3 Å². The molecule has 0 radical (unpaired) electrons. The van der Waals surface area contributed by atoms with Crippen LogP contribution in [0.15, 0.2) is 12.7 Å². The van der Waals surface area contributed by atoms with E-state index in [-0.39, 0.29) is 0 Å². The number of rotatable bonds is 6. The van der Waals surface area contributed by atoms with E-state index in [9.17, 15) is 0 Å². The molecular formula is C13H27N3. The average Bonchev–Trinajstić information content (AvgIpc) is 2.29. The van der Waals surface area contributed by atoms with Crippen LogP contribution < -0.4 is 5.32 Å². The Balaban J connectivity index is 2.31. The third-order valence-electron chi connectivity index (χ3n) is 3.51. The second kappa shape index (κ2) is 7.05. The molecule has 0 bridgehead atoms. The SMILES string of the molecule is C=CCNCC(C)N1CCCC(N(C)C)C1. The third kappa shape index (κ3) is 4.24. The molecule has 16 heavy (non-hydrogen) atoms. The Kier molecular flexibility index (Phi) is 6.03. The molecule has 2 atom stereocenters. The summed E-state index contributed by atoms with van der Waals surface area (Å²) in [6.07, 6.45) is 4.59. The van der Waals surface area contributed by atoms with Crippen LogP contribution in [-0.4, -0.2) is 62.2 Å². The summed E-state index contributed by atoms with van der Waals surface area (Å²) >= 11 is 0. The first-order valence-corrected chi connectivity index (χ1v) is 6.37. The molecule has 0 amide bonds. The van der Waals surface area contributed by atoms with Gasteiger partial charge in [0.1, 0.15) is 0 Å². The molecule has 1 N–H and O–H groups in total. The number of nitrogens with zero attached hydrogens (tertiary/aromatic N) is 2. The summed E-state index contributed by atoms with van der Waals surface area (Å²) < 4.78 is 0. The quantitative estimate of drug-likeness (QED) is 0.541. The maximum Gasteiger partial charge on any atom is 0.0217 e. The molecule has 1 rings (SSSR count). The van der Waals surface area contributed by atoms with Crippen LogP contribution in [0.3, 0.4) is 0 Å². The number of nitrogens with one attached hydrogen (secondary N) is 1. The highest BCUT2D eigenvalue weighted by atomic mass is 15.2. The van der Waals surface area contributed by atoms with Gasteiger partial charge in [-0.2, -0.15) is 0 Å². The van der Waals surface area contributed by atoms with Crippen molar-refractivity contribution in [2.45, 2.75) is 31.8 Å². The fourth-order valence-corrected chi connectivity index (χ4v) is 2.33. The van der Waals surface area contributed by atoms with Crippen molar-refractivity contribution in [3.63, 3.8) is 0 Å². The molecular weight excluding hydrogens is 198 g/mol. The molecule has 1 fully saturated rings. The van der Waals surface area contributed by atoms with Crippen molar-refractivity contribution in [3.8, 4) is 0 Å². The molecule has 0 aromatic carbocycles. The van der Waals surface area contributed by atoms with E-state index in [1.54, 1.807) is 0 Å². The summed E-state index contributed by atoms with van der Waals surface area (Å²) in [5.41, 5.74) is 0. The zero-order valence-electron chi connectivity index (χ0n) is 11.1. The highest BCUT2D eigenvalue weighted by molar-refractivity contribution is 4.82. The minimum atomic E-state index is 0.628. The fraction of sp³-hybridized carbons (Fsp3) is 0.846. The Labute approximate surface area is 100 Å². The van der Waals surface area contributed by atoms with E-state index in [1.165, 1.54) is 25.9 Å². The van der Waals surface area contributed by atoms with Crippen molar-refractivity contribution in [1.82, 2.24) is 15.1 Å². The van der Waals surface area contributed by atoms with E-state index >= 15 is 0 Å². The number of hydrogen-bond acceptors (Lipinski definition) is 3. The van der Waals surface area contributed by atoms with E-state index in [1.807, 2.05) is 6.08 Å². The molecule has 0 aromatic rings. The van der Waals surface area contributed by atoms with Gasteiger partial charge in [0, 0.05) is 31.7 Å². The first kappa shape index (κ1) is 13.7. The van der Waals surface area contributed by atoms with Gasteiger partial charge in [0.25, 0.3) is 0 Å². The molecule has 1 heterocycles. The lowest BCUT2D eigenvalue weighted by atomic mass is 10.0. The van der Waals surface area contributed by atoms with Gasteiger partial charge in [-0.1, -0.05) is 6.08 Å². The van der Waals surface area contributed by atoms with Crippen LogP contribution in [0.5, 0.6) is 0 Å². The Morgan fingerprint density at radius 2 is 2.31 bits per heavy atom. The van der Waals surface area contributed by atoms with E-state index in [0.717, 1.165) is 19.1 Å². The van der Waals surface area contributed by atoms with Gasteiger partial charge in [-0.15, -0.1) is 6.58 Å². The molecule has 0 spiro atoms.